The average Bonchev–Trinajstić information content (AvgIpc) is 3.24. The van der Waals surface area contributed by atoms with E-state index in [-0.39, 0.29) is 12.7 Å². The number of ether oxygens (including phenoxy) is 2. The largest absolute Gasteiger partial charge is 0.454 e. The van der Waals surface area contributed by atoms with Crippen molar-refractivity contribution < 1.29 is 14.3 Å². The van der Waals surface area contributed by atoms with Gasteiger partial charge < -0.3 is 19.7 Å². The Kier molecular flexibility index (Phi) is 5.84. The van der Waals surface area contributed by atoms with Crippen LogP contribution in [0.5, 0.6) is 11.5 Å². The van der Waals surface area contributed by atoms with Crippen LogP contribution in [0.1, 0.15) is 12.0 Å². The Morgan fingerprint density at radius 2 is 1.94 bits per heavy atom. The van der Waals surface area contributed by atoms with E-state index >= 15 is 0 Å². The lowest BCUT2D eigenvalue weighted by molar-refractivity contribution is -0.116. The number of anilines is 1. The lowest BCUT2D eigenvalue weighted by Crippen LogP contribution is -2.47. The number of amides is 1. The van der Waals surface area contributed by atoms with E-state index in [1.165, 1.54) is 16.5 Å². The van der Waals surface area contributed by atoms with Crippen LogP contribution >= 0.6 is 11.5 Å². The topological polar surface area (TPSA) is 66.9 Å². The second-order valence-corrected chi connectivity index (χ2v) is 10.0. The van der Waals surface area contributed by atoms with Crippen LogP contribution in [0.2, 0.25) is 0 Å². The Bertz CT molecular complexity index is 1220. The van der Waals surface area contributed by atoms with Gasteiger partial charge in [-0.15, -0.1) is 0 Å². The maximum absolute atomic E-state index is 12.2. The third-order valence-electron chi connectivity index (χ3n) is 6.95. The van der Waals surface area contributed by atoms with Gasteiger partial charge in [0, 0.05) is 50.7 Å². The molecule has 2 aromatic carbocycles. The summed E-state index contributed by atoms with van der Waals surface area (Å²) in [6.45, 7) is 6.31. The van der Waals surface area contributed by atoms with Crippen LogP contribution in [0.15, 0.2) is 48.5 Å². The minimum atomic E-state index is -0.0487. The zero-order valence-electron chi connectivity index (χ0n) is 19.0. The van der Waals surface area contributed by atoms with Gasteiger partial charge in [0.2, 0.25) is 12.7 Å². The number of carbonyl (C=O) groups excluding carboxylic acids is 1. The minimum Gasteiger partial charge on any atom is -0.454 e. The van der Waals surface area contributed by atoms with Crippen molar-refractivity contribution in [3.05, 3.63) is 54.1 Å². The van der Waals surface area contributed by atoms with Gasteiger partial charge in [-0.25, -0.2) is 0 Å². The molecule has 0 spiro atoms. The van der Waals surface area contributed by atoms with Crippen LogP contribution < -0.4 is 19.7 Å². The van der Waals surface area contributed by atoms with E-state index in [0.29, 0.717) is 11.8 Å². The van der Waals surface area contributed by atoms with Crippen LogP contribution in [-0.4, -0.2) is 61.2 Å². The highest BCUT2D eigenvalue weighted by atomic mass is 32.1. The van der Waals surface area contributed by atoms with E-state index in [4.69, 9.17) is 13.8 Å². The van der Waals surface area contributed by atoms with Crippen LogP contribution in [-0.2, 0) is 4.79 Å². The molecular formula is C26H28N4O3S. The molecule has 8 heteroatoms. The van der Waals surface area contributed by atoms with Crippen molar-refractivity contribution in [2.24, 2.45) is 11.8 Å². The lowest BCUT2D eigenvalue weighted by atomic mass is 10.2. The van der Waals surface area contributed by atoms with E-state index in [1.54, 1.807) is 17.6 Å². The molecule has 1 aromatic heterocycles. The average molecular weight is 477 g/mol. The summed E-state index contributed by atoms with van der Waals surface area (Å²) in [5, 5.41) is 4.33. The van der Waals surface area contributed by atoms with Crippen molar-refractivity contribution >= 4 is 39.4 Å². The van der Waals surface area contributed by atoms with Gasteiger partial charge in [-0.3, -0.25) is 9.69 Å². The molecule has 0 bridgehead atoms. The number of hydrogen-bond donors (Lipinski definition) is 1. The molecule has 0 unspecified atom stereocenters. The summed E-state index contributed by atoms with van der Waals surface area (Å²) in [6.07, 6.45) is 4.60. The van der Waals surface area contributed by atoms with Crippen molar-refractivity contribution in [3.8, 4) is 11.5 Å². The van der Waals surface area contributed by atoms with E-state index in [1.807, 2.05) is 24.3 Å². The number of carbonyl (C=O) groups is 1. The first-order chi connectivity index (χ1) is 16.7. The van der Waals surface area contributed by atoms with E-state index < -0.39 is 0 Å². The zero-order valence-corrected chi connectivity index (χ0v) is 19.8. The molecular weight excluding hydrogens is 448 g/mol. The molecule has 1 saturated heterocycles. The zero-order chi connectivity index (χ0) is 22.9. The summed E-state index contributed by atoms with van der Waals surface area (Å²) in [6, 6.07) is 14.2. The highest BCUT2D eigenvalue weighted by molar-refractivity contribution is 7.13. The number of benzene rings is 2. The van der Waals surface area contributed by atoms with Gasteiger partial charge >= 0.3 is 0 Å². The second kappa shape index (κ2) is 9.27. The summed E-state index contributed by atoms with van der Waals surface area (Å²) < 4.78 is 16.7. The SMILES string of the molecule is O=C(C=Cc1ccc2c(c1)OCO2)NC[C@H]1C[C@@H]1CN1CCN(c2nsc3ccccc23)CC1. The summed E-state index contributed by atoms with van der Waals surface area (Å²) >= 11 is 1.59. The maximum Gasteiger partial charge on any atom is 0.244 e. The third-order valence-corrected chi connectivity index (χ3v) is 7.77. The third kappa shape index (κ3) is 4.60. The van der Waals surface area contributed by atoms with Gasteiger partial charge in [-0.2, -0.15) is 4.37 Å². The predicted molar refractivity (Wildman–Crippen MR) is 134 cm³/mol. The number of aromatic nitrogens is 1. The first-order valence-corrected chi connectivity index (χ1v) is 12.7. The molecule has 0 radical (unpaired) electrons. The van der Waals surface area contributed by atoms with Crippen molar-refractivity contribution in [2.75, 3.05) is 51.0 Å². The monoisotopic (exact) mass is 476 g/mol. The Hall–Kier alpha value is -3.10. The smallest absolute Gasteiger partial charge is 0.244 e. The van der Waals surface area contributed by atoms with Crippen molar-refractivity contribution in [2.45, 2.75) is 6.42 Å². The fraction of sp³-hybridized carbons (Fsp3) is 0.385. The lowest BCUT2D eigenvalue weighted by Gasteiger charge is -2.35. The van der Waals surface area contributed by atoms with Gasteiger partial charge in [0.25, 0.3) is 0 Å². The van der Waals surface area contributed by atoms with E-state index in [9.17, 15) is 4.79 Å². The molecule has 2 aliphatic heterocycles. The first kappa shape index (κ1) is 21.4. The van der Waals surface area contributed by atoms with Gasteiger partial charge in [-0.1, -0.05) is 18.2 Å². The number of nitrogens with zero attached hydrogens (tertiary/aromatic N) is 3. The summed E-state index contributed by atoms with van der Waals surface area (Å²) in [4.78, 5) is 17.2. The molecule has 1 amide bonds. The molecule has 1 N–H and O–H groups in total. The highest BCUT2D eigenvalue weighted by Crippen LogP contribution is 2.39. The Labute approximate surface area is 203 Å². The van der Waals surface area contributed by atoms with Crippen LogP contribution in [0.3, 0.4) is 0 Å². The van der Waals surface area contributed by atoms with Gasteiger partial charge in [0.1, 0.15) is 5.82 Å². The van der Waals surface area contributed by atoms with E-state index in [2.05, 4.69) is 39.4 Å². The van der Waals surface area contributed by atoms with Crippen LogP contribution in [0, 0.1) is 11.8 Å². The van der Waals surface area contributed by atoms with Crippen LogP contribution in [0.4, 0.5) is 5.82 Å². The Morgan fingerprint density at radius 1 is 1.09 bits per heavy atom. The molecule has 7 nitrogen and oxygen atoms in total. The quantitative estimate of drug-likeness (QED) is 0.526. The Balaban J connectivity index is 0.924. The van der Waals surface area contributed by atoms with Gasteiger partial charge in [0.15, 0.2) is 11.5 Å². The molecule has 2 fully saturated rings. The van der Waals surface area contributed by atoms with Gasteiger partial charge in [0.05, 0.1) is 4.70 Å². The molecule has 1 aliphatic carbocycles. The van der Waals surface area contributed by atoms with E-state index in [0.717, 1.165) is 62.1 Å². The molecule has 1 saturated carbocycles. The predicted octanol–water partition coefficient (Wildman–Crippen LogP) is 3.61. The fourth-order valence-electron chi connectivity index (χ4n) is 4.84. The molecule has 3 aromatic rings. The van der Waals surface area contributed by atoms with Crippen molar-refractivity contribution in [1.82, 2.24) is 14.6 Å². The summed E-state index contributed by atoms with van der Waals surface area (Å²) in [5.41, 5.74) is 0.925. The number of piperazine rings is 1. The normalized spacial score (nSPS) is 21.9. The second-order valence-electron chi connectivity index (χ2n) is 9.24. The minimum absolute atomic E-state index is 0.0487. The number of rotatable bonds is 7. The van der Waals surface area contributed by atoms with Crippen molar-refractivity contribution in [3.63, 3.8) is 0 Å². The number of hydrogen-bond acceptors (Lipinski definition) is 7. The van der Waals surface area contributed by atoms with Crippen LogP contribution in [0.25, 0.3) is 16.2 Å². The molecule has 34 heavy (non-hydrogen) atoms. The summed E-state index contributed by atoms with van der Waals surface area (Å²) in [7, 11) is 0. The number of nitrogens with one attached hydrogen (secondary N) is 1. The Morgan fingerprint density at radius 3 is 2.85 bits per heavy atom. The standard InChI is InChI=1S/C26H28N4O3S/c31-25(8-6-18-5-7-22-23(13-18)33-17-32-22)27-15-19-14-20(19)16-29-9-11-30(12-10-29)26-21-3-1-2-4-24(21)34-28-26/h1-8,13,19-20H,9-12,14-17H2,(H,27,31)/t19-,20-/m1/s1. The molecule has 176 valence electrons. The molecule has 3 aliphatic rings. The van der Waals surface area contributed by atoms with Gasteiger partial charge in [-0.05, 0) is 65.7 Å². The van der Waals surface area contributed by atoms with Crippen molar-refractivity contribution in [1.29, 1.82) is 0 Å². The molecule has 6 rings (SSSR count). The highest BCUT2D eigenvalue weighted by Gasteiger charge is 2.38. The molecule has 3 heterocycles. The number of fused-ring (bicyclic) bond motifs is 2. The fourth-order valence-corrected chi connectivity index (χ4v) is 5.63. The summed E-state index contributed by atoms with van der Waals surface area (Å²) in [5.74, 6) is 3.84. The first-order valence-electron chi connectivity index (χ1n) is 11.9. The maximum atomic E-state index is 12.2. The molecule has 2 atom stereocenters.